The van der Waals surface area contributed by atoms with E-state index >= 15 is 0 Å². The summed E-state index contributed by atoms with van der Waals surface area (Å²) in [6.45, 7) is 5.20. The molecule has 2 aromatic carbocycles. The maximum atomic E-state index is 5.66. The van der Waals surface area contributed by atoms with Gasteiger partial charge in [-0.05, 0) is 32.0 Å². The quantitative estimate of drug-likeness (QED) is 0.879. The molecule has 0 heterocycles. The van der Waals surface area contributed by atoms with Crippen molar-refractivity contribution < 1.29 is 15.2 Å². The normalized spacial score (nSPS) is 11.9. The van der Waals surface area contributed by atoms with Crippen LogP contribution in [0.1, 0.15) is 31.0 Å². The largest absolute Gasteiger partial charge is 0.490 e. The van der Waals surface area contributed by atoms with Crippen molar-refractivity contribution in [2.24, 2.45) is 0 Å². The Balaban J connectivity index is 2.30. The fourth-order valence-electron chi connectivity index (χ4n) is 2.16. The van der Waals surface area contributed by atoms with E-state index in [2.05, 4.69) is 23.9 Å². The van der Waals surface area contributed by atoms with Crippen molar-refractivity contribution >= 4 is 0 Å². The minimum absolute atomic E-state index is 0.0890. The average molecular weight is 272 g/mol. The van der Waals surface area contributed by atoms with Crippen LogP contribution in [0.15, 0.2) is 48.5 Å². The minimum Gasteiger partial charge on any atom is -0.490 e. The van der Waals surface area contributed by atoms with E-state index in [1.165, 1.54) is 5.56 Å². The Hall–Kier alpha value is -2.00. The van der Waals surface area contributed by atoms with Gasteiger partial charge < -0.3 is 15.2 Å². The molecule has 106 valence electrons. The van der Waals surface area contributed by atoms with E-state index in [0.29, 0.717) is 13.2 Å². The third kappa shape index (κ3) is 3.31. The van der Waals surface area contributed by atoms with Crippen LogP contribution in [0.4, 0.5) is 0 Å². The lowest BCUT2D eigenvalue weighted by atomic mass is 9.99. The molecule has 0 aliphatic carbocycles. The Bertz CT molecular complexity index is 540. The monoisotopic (exact) mass is 272 g/mol. The smallest absolute Gasteiger partial charge is 0.161 e. The summed E-state index contributed by atoms with van der Waals surface area (Å²) in [5, 5.41) is 0. The Labute approximate surface area is 120 Å². The van der Waals surface area contributed by atoms with Crippen LogP contribution < -0.4 is 15.2 Å². The fourth-order valence-corrected chi connectivity index (χ4v) is 2.16. The number of rotatable bonds is 6. The summed E-state index contributed by atoms with van der Waals surface area (Å²) < 4.78 is 11.2. The van der Waals surface area contributed by atoms with E-state index in [-0.39, 0.29) is 6.04 Å². The summed E-state index contributed by atoms with van der Waals surface area (Å²) in [7, 11) is 0. The van der Waals surface area contributed by atoms with Crippen molar-refractivity contribution in [1.82, 2.24) is 0 Å². The second kappa shape index (κ2) is 6.96. The van der Waals surface area contributed by atoms with Gasteiger partial charge in [-0.25, -0.2) is 0 Å². The van der Waals surface area contributed by atoms with Gasteiger partial charge in [-0.15, -0.1) is 0 Å². The summed E-state index contributed by atoms with van der Waals surface area (Å²) in [5.74, 6) is 1.58. The minimum atomic E-state index is 0.0890. The summed E-state index contributed by atoms with van der Waals surface area (Å²) in [6.07, 6.45) is 0. The van der Waals surface area contributed by atoms with Crippen LogP contribution in [0.2, 0.25) is 0 Å². The lowest BCUT2D eigenvalue weighted by molar-refractivity contribution is -0.411. The summed E-state index contributed by atoms with van der Waals surface area (Å²) in [5.41, 5.74) is 6.58. The number of hydrogen-bond donors (Lipinski definition) is 1. The third-order valence-electron chi connectivity index (χ3n) is 3.17. The summed E-state index contributed by atoms with van der Waals surface area (Å²) >= 11 is 0. The SMILES string of the molecule is CCOc1ccc(C([NH3+])c2ccccc2)cc1OCC. The molecule has 0 saturated heterocycles. The van der Waals surface area contributed by atoms with Gasteiger partial charge >= 0.3 is 0 Å². The van der Waals surface area contributed by atoms with Gasteiger partial charge in [-0.3, -0.25) is 0 Å². The van der Waals surface area contributed by atoms with Crippen LogP contribution in [0, 0.1) is 0 Å². The number of quaternary nitrogens is 1. The maximum absolute atomic E-state index is 5.66. The first-order chi connectivity index (χ1) is 9.76. The first-order valence-corrected chi connectivity index (χ1v) is 7.03. The van der Waals surface area contributed by atoms with Crippen molar-refractivity contribution in [3.05, 3.63) is 59.7 Å². The second-order valence-corrected chi connectivity index (χ2v) is 4.54. The van der Waals surface area contributed by atoms with Gasteiger partial charge in [0.2, 0.25) is 0 Å². The molecule has 0 fully saturated rings. The molecule has 0 aliphatic rings. The van der Waals surface area contributed by atoms with Crippen molar-refractivity contribution in [2.45, 2.75) is 19.9 Å². The molecular weight excluding hydrogens is 250 g/mol. The molecule has 0 radical (unpaired) electrons. The molecule has 0 aliphatic heterocycles. The number of hydrogen-bond acceptors (Lipinski definition) is 2. The number of benzene rings is 2. The zero-order valence-corrected chi connectivity index (χ0v) is 12.1. The van der Waals surface area contributed by atoms with E-state index in [9.17, 15) is 0 Å². The molecule has 3 N–H and O–H groups in total. The van der Waals surface area contributed by atoms with Crippen molar-refractivity contribution in [1.29, 1.82) is 0 Å². The standard InChI is InChI=1S/C17H21NO2/c1-3-19-15-11-10-14(12-16(15)20-4-2)17(18)13-8-6-5-7-9-13/h5-12,17H,3-4,18H2,1-2H3/p+1. The van der Waals surface area contributed by atoms with Crippen LogP contribution in [-0.2, 0) is 0 Å². The van der Waals surface area contributed by atoms with Crippen LogP contribution in [0.25, 0.3) is 0 Å². The van der Waals surface area contributed by atoms with E-state index in [1.54, 1.807) is 0 Å². The van der Waals surface area contributed by atoms with Gasteiger partial charge in [0, 0.05) is 11.1 Å². The average Bonchev–Trinajstić information content (AvgIpc) is 2.50. The topological polar surface area (TPSA) is 46.1 Å². The van der Waals surface area contributed by atoms with Crippen molar-refractivity contribution in [3.63, 3.8) is 0 Å². The van der Waals surface area contributed by atoms with Crippen LogP contribution >= 0.6 is 0 Å². The Morgan fingerprint density at radius 3 is 2.15 bits per heavy atom. The molecule has 2 rings (SSSR count). The Morgan fingerprint density at radius 1 is 0.850 bits per heavy atom. The van der Waals surface area contributed by atoms with Gasteiger partial charge in [-0.2, -0.15) is 0 Å². The predicted molar refractivity (Wildman–Crippen MR) is 80.0 cm³/mol. The van der Waals surface area contributed by atoms with Gasteiger partial charge in [0.1, 0.15) is 6.04 Å². The predicted octanol–water partition coefficient (Wildman–Crippen LogP) is 2.82. The van der Waals surface area contributed by atoms with E-state index in [1.807, 2.05) is 44.2 Å². The van der Waals surface area contributed by atoms with Crippen LogP contribution in [0.3, 0.4) is 0 Å². The highest BCUT2D eigenvalue weighted by Gasteiger charge is 2.15. The second-order valence-electron chi connectivity index (χ2n) is 4.54. The lowest BCUT2D eigenvalue weighted by Gasteiger charge is -2.14. The molecule has 1 atom stereocenters. The molecular formula is C17H22NO2+. The molecule has 3 nitrogen and oxygen atoms in total. The van der Waals surface area contributed by atoms with Gasteiger partial charge in [0.15, 0.2) is 11.5 Å². The summed E-state index contributed by atoms with van der Waals surface area (Å²) in [6, 6.07) is 16.4. The highest BCUT2D eigenvalue weighted by atomic mass is 16.5. The highest BCUT2D eigenvalue weighted by Crippen LogP contribution is 2.31. The summed E-state index contributed by atoms with van der Waals surface area (Å²) in [4.78, 5) is 0. The van der Waals surface area contributed by atoms with Gasteiger partial charge in [0.05, 0.1) is 13.2 Å². The van der Waals surface area contributed by atoms with Gasteiger partial charge in [-0.1, -0.05) is 30.3 Å². The van der Waals surface area contributed by atoms with Crippen molar-refractivity contribution in [3.8, 4) is 11.5 Å². The zero-order chi connectivity index (χ0) is 14.4. The molecule has 0 aromatic heterocycles. The molecule has 0 amide bonds. The molecule has 20 heavy (non-hydrogen) atoms. The maximum Gasteiger partial charge on any atom is 0.161 e. The first-order valence-electron chi connectivity index (χ1n) is 7.03. The van der Waals surface area contributed by atoms with E-state index < -0.39 is 0 Å². The van der Waals surface area contributed by atoms with E-state index in [0.717, 1.165) is 17.1 Å². The molecule has 0 spiro atoms. The van der Waals surface area contributed by atoms with Crippen molar-refractivity contribution in [2.75, 3.05) is 13.2 Å². The Kier molecular flexibility index (Phi) is 5.02. The van der Waals surface area contributed by atoms with Crippen LogP contribution in [0.5, 0.6) is 11.5 Å². The zero-order valence-electron chi connectivity index (χ0n) is 12.1. The Morgan fingerprint density at radius 2 is 1.50 bits per heavy atom. The molecule has 1 unspecified atom stereocenters. The van der Waals surface area contributed by atoms with Crippen LogP contribution in [-0.4, -0.2) is 13.2 Å². The number of ether oxygens (including phenoxy) is 2. The first kappa shape index (κ1) is 14.4. The molecule has 0 bridgehead atoms. The molecule has 3 heteroatoms. The third-order valence-corrected chi connectivity index (χ3v) is 3.17. The van der Waals surface area contributed by atoms with E-state index in [4.69, 9.17) is 9.47 Å². The molecule has 0 saturated carbocycles. The lowest BCUT2D eigenvalue weighted by Crippen LogP contribution is -2.54. The molecule has 2 aromatic rings. The van der Waals surface area contributed by atoms with Gasteiger partial charge in [0.25, 0.3) is 0 Å². The highest BCUT2D eigenvalue weighted by molar-refractivity contribution is 5.45. The fraction of sp³-hybridized carbons (Fsp3) is 0.294.